The molecule has 128 valence electrons. The lowest BCUT2D eigenvalue weighted by Gasteiger charge is -2.18. The van der Waals surface area contributed by atoms with E-state index in [4.69, 9.17) is 11.6 Å². The van der Waals surface area contributed by atoms with E-state index in [1.54, 1.807) is 6.07 Å². The van der Waals surface area contributed by atoms with Crippen LogP contribution in [0.25, 0.3) is 21.8 Å². The van der Waals surface area contributed by atoms with Crippen LogP contribution in [0.2, 0.25) is 5.02 Å². The molecule has 0 saturated heterocycles. The monoisotopic (exact) mass is 372 g/mol. The van der Waals surface area contributed by atoms with Crippen LogP contribution in [0.5, 0.6) is 0 Å². The minimum atomic E-state index is -0.482. The van der Waals surface area contributed by atoms with Crippen molar-refractivity contribution in [3.05, 3.63) is 68.5 Å². The van der Waals surface area contributed by atoms with Gasteiger partial charge in [-0.25, -0.2) is 4.98 Å². The summed E-state index contributed by atoms with van der Waals surface area (Å²) in [5.74, 6) is 0. The van der Waals surface area contributed by atoms with Crippen LogP contribution < -0.4 is 0 Å². The van der Waals surface area contributed by atoms with Crippen LogP contribution in [0.4, 0.5) is 5.69 Å². The van der Waals surface area contributed by atoms with Gasteiger partial charge in [-0.1, -0.05) is 62.7 Å². The Morgan fingerprint density at radius 1 is 1.08 bits per heavy atom. The Balaban J connectivity index is 1.93. The van der Waals surface area contributed by atoms with Crippen LogP contribution in [-0.4, -0.2) is 9.91 Å². The molecule has 0 fully saturated rings. The summed E-state index contributed by atoms with van der Waals surface area (Å²) in [6.45, 7) is 6.53. The molecule has 25 heavy (non-hydrogen) atoms. The second-order valence-electron chi connectivity index (χ2n) is 6.79. The summed E-state index contributed by atoms with van der Waals surface area (Å²) in [5.41, 5.74) is 3.69. The van der Waals surface area contributed by atoms with Gasteiger partial charge in [-0.15, -0.1) is 11.3 Å². The first-order valence-corrected chi connectivity index (χ1v) is 9.02. The molecule has 0 spiro atoms. The third-order valence-corrected chi connectivity index (χ3v) is 5.15. The molecular weight excluding hydrogens is 356 g/mol. The molecule has 0 radical (unpaired) electrons. The largest absolute Gasteiger partial charge is 0.288 e. The number of hydrogen-bond acceptors (Lipinski definition) is 4. The second kappa shape index (κ2) is 6.58. The summed E-state index contributed by atoms with van der Waals surface area (Å²) in [4.78, 5) is 15.2. The van der Waals surface area contributed by atoms with Crippen molar-refractivity contribution in [1.82, 2.24) is 4.98 Å². The maximum atomic E-state index is 11.0. The molecule has 1 aromatic heterocycles. The highest BCUT2D eigenvalue weighted by Gasteiger charge is 2.16. The lowest BCUT2D eigenvalue weighted by Crippen LogP contribution is -2.10. The van der Waals surface area contributed by atoms with E-state index in [1.165, 1.54) is 29.0 Å². The maximum Gasteiger partial charge on any atom is 0.288 e. The smallest absolute Gasteiger partial charge is 0.258 e. The van der Waals surface area contributed by atoms with Gasteiger partial charge in [0.15, 0.2) is 0 Å². The number of nitro benzene ring substituents is 1. The van der Waals surface area contributed by atoms with Crippen LogP contribution in [0.1, 0.15) is 26.3 Å². The number of aromatic nitrogens is 1. The summed E-state index contributed by atoms with van der Waals surface area (Å²) in [6.07, 6.45) is 0. The van der Waals surface area contributed by atoms with Gasteiger partial charge < -0.3 is 0 Å². The number of rotatable bonds is 3. The van der Waals surface area contributed by atoms with E-state index in [1.807, 2.05) is 5.38 Å². The Morgan fingerprint density at radius 3 is 2.32 bits per heavy atom. The average molecular weight is 373 g/mol. The van der Waals surface area contributed by atoms with Gasteiger partial charge >= 0.3 is 0 Å². The predicted molar refractivity (Wildman–Crippen MR) is 103 cm³/mol. The Bertz CT molecular complexity index is 927. The normalized spacial score (nSPS) is 11.5. The number of halogens is 1. The van der Waals surface area contributed by atoms with Gasteiger partial charge in [0.25, 0.3) is 5.69 Å². The molecule has 0 bridgehead atoms. The molecule has 1 heterocycles. The average Bonchev–Trinajstić information content (AvgIpc) is 3.04. The van der Waals surface area contributed by atoms with Gasteiger partial charge in [0.05, 0.1) is 10.6 Å². The molecule has 0 unspecified atom stereocenters. The highest BCUT2D eigenvalue weighted by atomic mass is 35.5. The van der Waals surface area contributed by atoms with E-state index in [2.05, 4.69) is 50.0 Å². The van der Waals surface area contributed by atoms with Crippen molar-refractivity contribution >= 4 is 28.6 Å². The van der Waals surface area contributed by atoms with Crippen LogP contribution >= 0.6 is 22.9 Å². The molecule has 0 N–H and O–H groups in total. The van der Waals surface area contributed by atoms with Crippen molar-refractivity contribution in [2.75, 3.05) is 0 Å². The van der Waals surface area contributed by atoms with Crippen LogP contribution in [-0.2, 0) is 5.41 Å². The minimum Gasteiger partial charge on any atom is -0.258 e. The van der Waals surface area contributed by atoms with Gasteiger partial charge in [-0.3, -0.25) is 10.1 Å². The van der Waals surface area contributed by atoms with E-state index < -0.39 is 4.92 Å². The Labute approximate surface area is 155 Å². The quantitative estimate of drug-likeness (QED) is 0.398. The lowest BCUT2D eigenvalue weighted by molar-refractivity contribution is -0.384. The predicted octanol–water partition coefficient (Wildman–Crippen LogP) is 6.34. The summed E-state index contributed by atoms with van der Waals surface area (Å²) >= 11 is 7.39. The number of benzene rings is 2. The second-order valence-corrected chi connectivity index (χ2v) is 8.05. The van der Waals surface area contributed by atoms with Crippen LogP contribution in [0, 0.1) is 10.1 Å². The fourth-order valence-corrected chi connectivity index (χ4v) is 3.49. The molecule has 0 aliphatic heterocycles. The van der Waals surface area contributed by atoms with Crippen LogP contribution in [0.3, 0.4) is 0 Å². The van der Waals surface area contributed by atoms with Crippen molar-refractivity contribution in [3.8, 4) is 21.8 Å². The van der Waals surface area contributed by atoms with Gasteiger partial charge in [-0.2, -0.15) is 0 Å². The van der Waals surface area contributed by atoms with Gasteiger partial charge in [0.1, 0.15) is 10.0 Å². The zero-order valence-electron chi connectivity index (χ0n) is 14.1. The van der Waals surface area contributed by atoms with Crippen LogP contribution in [0.15, 0.2) is 47.8 Å². The summed E-state index contributed by atoms with van der Waals surface area (Å²) in [6, 6.07) is 13.1. The topological polar surface area (TPSA) is 56.0 Å². The number of hydrogen-bond donors (Lipinski definition) is 0. The van der Waals surface area contributed by atoms with Crippen molar-refractivity contribution in [2.24, 2.45) is 0 Å². The summed E-state index contributed by atoms with van der Waals surface area (Å²) < 4.78 is 0. The maximum absolute atomic E-state index is 11.0. The molecule has 0 atom stereocenters. The zero-order valence-corrected chi connectivity index (χ0v) is 15.7. The van der Waals surface area contributed by atoms with E-state index in [0.717, 1.165) is 10.6 Å². The van der Waals surface area contributed by atoms with Crippen molar-refractivity contribution in [1.29, 1.82) is 0 Å². The van der Waals surface area contributed by atoms with E-state index in [9.17, 15) is 10.1 Å². The Kier molecular flexibility index (Phi) is 4.62. The molecule has 2 aromatic carbocycles. The molecule has 0 amide bonds. The van der Waals surface area contributed by atoms with Crippen molar-refractivity contribution < 1.29 is 4.92 Å². The molecule has 6 heteroatoms. The zero-order chi connectivity index (χ0) is 18.2. The standard InChI is InChI=1S/C19H17ClN2O2S/c1-19(2,3)14-7-4-12(5-8-14)18-21-16(11-25-18)13-6-9-15(20)17(10-13)22(23)24/h4-11H,1-3H3. The first kappa shape index (κ1) is 17.6. The number of thiazole rings is 1. The van der Waals surface area contributed by atoms with E-state index >= 15 is 0 Å². The summed E-state index contributed by atoms with van der Waals surface area (Å²) in [5, 5.41) is 14.0. The fraction of sp³-hybridized carbons (Fsp3) is 0.211. The third-order valence-electron chi connectivity index (χ3n) is 3.94. The van der Waals surface area contributed by atoms with Crippen molar-refractivity contribution in [3.63, 3.8) is 0 Å². The third kappa shape index (κ3) is 3.72. The highest BCUT2D eigenvalue weighted by molar-refractivity contribution is 7.13. The Morgan fingerprint density at radius 2 is 1.72 bits per heavy atom. The molecule has 3 aromatic rings. The van der Waals surface area contributed by atoms with Crippen molar-refractivity contribution in [2.45, 2.75) is 26.2 Å². The molecule has 0 aliphatic carbocycles. The molecular formula is C19H17ClN2O2S. The SMILES string of the molecule is CC(C)(C)c1ccc(-c2nc(-c3ccc(Cl)c([N+](=O)[O-])c3)cs2)cc1. The first-order valence-electron chi connectivity index (χ1n) is 7.76. The summed E-state index contributed by atoms with van der Waals surface area (Å²) in [7, 11) is 0. The fourth-order valence-electron chi connectivity index (χ4n) is 2.46. The molecule has 0 aliphatic rings. The molecule has 4 nitrogen and oxygen atoms in total. The van der Waals surface area contributed by atoms with E-state index in [-0.39, 0.29) is 16.1 Å². The number of nitro groups is 1. The van der Waals surface area contributed by atoms with Gasteiger partial charge in [-0.05, 0) is 17.0 Å². The van der Waals surface area contributed by atoms with E-state index in [0.29, 0.717) is 11.3 Å². The minimum absolute atomic E-state index is 0.106. The number of nitrogens with zero attached hydrogens (tertiary/aromatic N) is 2. The van der Waals surface area contributed by atoms with Gasteiger partial charge in [0, 0.05) is 22.6 Å². The highest BCUT2D eigenvalue weighted by Crippen LogP contribution is 2.34. The van der Waals surface area contributed by atoms with Gasteiger partial charge in [0.2, 0.25) is 0 Å². The molecule has 3 rings (SSSR count). The molecule has 0 saturated carbocycles. The lowest BCUT2D eigenvalue weighted by atomic mass is 9.87. The first-order chi connectivity index (χ1) is 11.8. The Hall–Kier alpha value is -2.24.